The van der Waals surface area contributed by atoms with Crippen LogP contribution in [0.15, 0.2) is 24.3 Å². The molecular weight excluding hydrogens is 250 g/mol. The second kappa shape index (κ2) is 10.8. The Hall–Kier alpha value is -0.900. The van der Waals surface area contributed by atoms with Gasteiger partial charge in [0.05, 0.1) is 0 Å². The highest BCUT2D eigenvalue weighted by Crippen LogP contribution is 2.13. The van der Waals surface area contributed by atoms with Crippen LogP contribution >= 0.6 is 0 Å². The Balaban J connectivity index is 2.29. The molecule has 0 aliphatic carbocycles. The Bertz CT molecular complexity index is 355. The number of rotatable bonds is 11. The molecule has 0 amide bonds. The minimum Gasteiger partial charge on any atom is -0.385 e. The first-order chi connectivity index (χ1) is 9.76. The highest BCUT2D eigenvalue weighted by Gasteiger charge is 2.09. The summed E-state index contributed by atoms with van der Waals surface area (Å²) in [5.41, 5.74) is 2.76. The largest absolute Gasteiger partial charge is 0.385 e. The van der Waals surface area contributed by atoms with E-state index in [0.29, 0.717) is 5.92 Å². The summed E-state index contributed by atoms with van der Waals surface area (Å²) < 4.78 is 10.7. The molecule has 0 radical (unpaired) electrons. The van der Waals surface area contributed by atoms with E-state index in [-0.39, 0.29) is 0 Å². The minimum absolute atomic E-state index is 0.629. The number of methoxy groups -OCH3 is 1. The van der Waals surface area contributed by atoms with Gasteiger partial charge >= 0.3 is 0 Å². The third-order valence-electron chi connectivity index (χ3n) is 3.41. The molecule has 1 unspecified atom stereocenters. The molecule has 1 aromatic carbocycles. The predicted molar refractivity (Wildman–Crippen MR) is 84.2 cm³/mol. The Morgan fingerprint density at radius 2 is 2.05 bits per heavy atom. The average Bonchev–Trinajstić information content (AvgIpc) is 2.43. The molecule has 1 rings (SSSR count). The van der Waals surface area contributed by atoms with Crippen LogP contribution in [-0.2, 0) is 15.9 Å². The number of aryl methyl sites for hydroxylation is 1. The van der Waals surface area contributed by atoms with Crippen molar-refractivity contribution in [3.63, 3.8) is 0 Å². The van der Waals surface area contributed by atoms with Crippen LogP contribution < -0.4 is 5.32 Å². The zero-order valence-electron chi connectivity index (χ0n) is 13.2. The predicted octanol–water partition coefficient (Wildman–Crippen LogP) is 2.82. The van der Waals surface area contributed by atoms with Crippen molar-refractivity contribution in [1.82, 2.24) is 5.32 Å². The standard InChI is InChI=1S/C17H29NO2/c1-15-6-4-7-16(12-15)13-17(14-18-2)8-11-20-10-5-9-19-3/h4,6-7,12,17-18H,5,8-11,13-14H2,1-3H3. The van der Waals surface area contributed by atoms with Gasteiger partial charge in [-0.3, -0.25) is 0 Å². The van der Waals surface area contributed by atoms with Gasteiger partial charge in [-0.05, 0) is 51.3 Å². The molecule has 1 atom stereocenters. The van der Waals surface area contributed by atoms with Crippen molar-refractivity contribution >= 4 is 0 Å². The minimum atomic E-state index is 0.629. The summed E-state index contributed by atoms with van der Waals surface area (Å²) in [4.78, 5) is 0. The SMILES string of the molecule is CNCC(CCOCCCOC)Cc1cccc(C)c1. The fourth-order valence-corrected chi connectivity index (χ4v) is 2.39. The highest BCUT2D eigenvalue weighted by molar-refractivity contribution is 5.22. The molecule has 114 valence electrons. The van der Waals surface area contributed by atoms with Crippen molar-refractivity contribution in [3.05, 3.63) is 35.4 Å². The van der Waals surface area contributed by atoms with Gasteiger partial charge in [0.2, 0.25) is 0 Å². The summed E-state index contributed by atoms with van der Waals surface area (Å²) in [6, 6.07) is 8.79. The molecule has 0 heterocycles. The summed E-state index contributed by atoms with van der Waals surface area (Å²) in [5.74, 6) is 0.629. The molecule has 3 nitrogen and oxygen atoms in total. The summed E-state index contributed by atoms with van der Waals surface area (Å²) in [5, 5.41) is 3.29. The van der Waals surface area contributed by atoms with Crippen molar-refractivity contribution in [3.8, 4) is 0 Å². The van der Waals surface area contributed by atoms with Crippen LogP contribution in [0.5, 0.6) is 0 Å². The van der Waals surface area contributed by atoms with Crippen LogP contribution in [0, 0.1) is 12.8 Å². The zero-order valence-corrected chi connectivity index (χ0v) is 13.2. The smallest absolute Gasteiger partial charge is 0.0487 e. The maximum absolute atomic E-state index is 5.67. The van der Waals surface area contributed by atoms with Crippen molar-refractivity contribution in [2.45, 2.75) is 26.2 Å². The van der Waals surface area contributed by atoms with Gasteiger partial charge in [-0.25, -0.2) is 0 Å². The lowest BCUT2D eigenvalue weighted by Crippen LogP contribution is -2.22. The van der Waals surface area contributed by atoms with Gasteiger partial charge in [-0.15, -0.1) is 0 Å². The first-order valence-electron chi connectivity index (χ1n) is 7.53. The van der Waals surface area contributed by atoms with E-state index in [4.69, 9.17) is 9.47 Å². The van der Waals surface area contributed by atoms with Gasteiger partial charge in [0.15, 0.2) is 0 Å². The molecule has 0 bridgehead atoms. The number of benzene rings is 1. The Kier molecular flexibility index (Phi) is 9.29. The first-order valence-corrected chi connectivity index (χ1v) is 7.53. The average molecular weight is 279 g/mol. The van der Waals surface area contributed by atoms with Crippen LogP contribution in [0.4, 0.5) is 0 Å². The van der Waals surface area contributed by atoms with Crippen LogP contribution in [0.3, 0.4) is 0 Å². The Morgan fingerprint density at radius 1 is 1.20 bits per heavy atom. The lowest BCUT2D eigenvalue weighted by molar-refractivity contribution is 0.0937. The van der Waals surface area contributed by atoms with Gasteiger partial charge in [0, 0.05) is 26.9 Å². The molecule has 1 aromatic rings. The Labute approximate surface area is 123 Å². The van der Waals surface area contributed by atoms with Crippen molar-refractivity contribution in [2.75, 3.05) is 40.5 Å². The normalized spacial score (nSPS) is 12.6. The lowest BCUT2D eigenvalue weighted by Gasteiger charge is -2.17. The summed E-state index contributed by atoms with van der Waals surface area (Å²) in [6.45, 7) is 5.60. The maximum Gasteiger partial charge on any atom is 0.0487 e. The van der Waals surface area contributed by atoms with E-state index in [2.05, 4.69) is 36.5 Å². The van der Waals surface area contributed by atoms with Crippen molar-refractivity contribution < 1.29 is 9.47 Å². The van der Waals surface area contributed by atoms with E-state index in [9.17, 15) is 0 Å². The lowest BCUT2D eigenvalue weighted by atomic mass is 9.95. The third-order valence-corrected chi connectivity index (χ3v) is 3.41. The van der Waals surface area contributed by atoms with Crippen molar-refractivity contribution in [2.24, 2.45) is 5.92 Å². The van der Waals surface area contributed by atoms with Gasteiger partial charge in [-0.2, -0.15) is 0 Å². The van der Waals surface area contributed by atoms with E-state index >= 15 is 0 Å². The van der Waals surface area contributed by atoms with Crippen LogP contribution in [0.1, 0.15) is 24.0 Å². The second-order valence-electron chi connectivity index (χ2n) is 5.36. The second-order valence-corrected chi connectivity index (χ2v) is 5.36. The van der Waals surface area contributed by atoms with Crippen LogP contribution in [-0.4, -0.2) is 40.5 Å². The number of nitrogens with one attached hydrogen (secondary N) is 1. The number of hydrogen-bond acceptors (Lipinski definition) is 3. The van der Waals surface area contributed by atoms with E-state index in [1.807, 2.05) is 7.05 Å². The van der Waals surface area contributed by atoms with E-state index < -0.39 is 0 Å². The van der Waals surface area contributed by atoms with Gasteiger partial charge in [-0.1, -0.05) is 29.8 Å². The Morgan fingerprint density at radius 3 is 2.75 bits per heavy atom. The topological polar surface area (TPSA) is 30.5 Å². The van der Waals surface area contributed by atoms with Gasteiger partial charge in [0.1, 0.15) is 0 Å². The van der Waals surface area contributed by atoms with Crippen LogP contribution in [0.2, 0.25) is 0 Å². The molecule has 0 aliphatic rings. The fraction of sp³-hybridized carbons (Fsp3) is 0.647. The molecule has 0 saturated heterocycles. The van der Waals surface area contributed by atoms with Crippen LogP contribution in [0.25, 0.3) is 0 Å². The molecule has 3 heteroatoms. The summed E-state index contributed by atoms with van der Waals surface area (Å²) >= 11 is 0. The monoisotopic (exact) mass is 279 g/mol. The third kappa shape index (κ3) is 7.63. The van der Waals surface area contributed by atoms with E-state index in [1.54, 1.807) is 7.11 Å². The molecule has 20 heavy (non-hydrogen) atoms. The first kappa shape index (κ1) is 17.2. The fourth-order valence-electron chi connectivity index (χ4n) is 2.39. The van der Waals surface area contributed by atoms with E-state index in [1.165, 1.54) is 11.1 Å². The van der Waals surface area contributed by atoms with Gasteiger partial charge < -0.3 is 14.8 Å². The quantitative estimate of drug-likeness (QED) is 0.632. The molecule has 1 N–H and O–H groups in total. The van der Waals surface area contributed by atoms with E-state index in [0.717, 1.165) is 45.6 Å². The number of ether oxygens (including phenoxy) is 2. The summed E-state index contributed by atoms with van der Waals surface area (Å²) in [6.07, 6.45) is 3.19. The van der Waals surface area contributed by atoms with Crippen molar-refractivity contribution in [1.29, 1.82) is 0 Å². The molecule has 0 fully saturated rings. The molecular formula is C17H29NO2. The molecule has 0 spiro atoms. The summed E-state index contributed by atoms with van der Waals surface area (Å²) in [7, 11) is 3.74. The molecule has 0 aromatic heterocycles. The highest BCUT2D eigenvalue weighted by atomic mass is 16.5. The molecule has 0 aliphatic heterocycles. The number of hydrogen-bond donors (Lipinski definition) is 1. The molecule has 0 saturated carbocycles. The van der Waals surface area contributed by atoms with Gasteiger partial charge in [0.25, 0.3) is 0 Å². The zero-order chi connectivity index (χ0) is 14.6. The maximum atomic E-state index is 5.67.